The molecule has 0 fully saturated rings. The minimum absolute atomic E-state index is 0.100. The highest BCUT2D eigenvalue weighted by Gasteiger charge is 2.38. The molecular weight excluding hydrogens is 312 g/mol. The van der Waals surface area contributed by atoms with Crippen LogP contribution in [0.25, 0.3) is 0 Å². The van der Waals surface area contributed by atoms with Crippen molar-refractivity contribution in [3.63, 3.8) is 0 Å². The Morgan fingerprint density at radius 1 is 1.08 bits per heavy atom. The molecule has 0 saturated carbocycles. The molecule has 4 rings (SSSR count). The van der Waals surface area contributed by atoms with Crippen LogP contribution in [-0.4, -0.2) is 16.9 Å². The zero-order chi connectivity index (χ0) is 17.2. The predicted octanol–water partition coefficient (Wildman–Crippen LogP) is 3.23. The molecule has 0 spiro atoms. The van der Waals surface area contributed by atoms with Gasteiger partial charge in [-0.15, -0.1) is 0 Å². The standard InChI is InChI=1S/C20H18N4O/c21-14-8-9-17-16(11-14)18(13-5-2-1-3-6-13)19(24-17)20(25)23-15-7-4-10-22-12-15/h1-12,18-19,24H,21H2,(H,23,25). The first-order chi connectivity index (χ1) is 12.2. The summed E-state index contributed by atoms with van der Waals surface area (Å²) in [6.07, 6.45) is 3.31. The van der Waals surface area contributed by atoms with Crippen molar-refractivity contribution in [2.24, 2.45) is 0 Å². The first-order valence-corrected chi connectivity index (χ1v) is 8.14. The van der Waals surface area contributed by atoms with Crippen molar-refractivity contribution in [1.82, 2.24) is 4.98 Å². The van der Waals surface area contributed by atoms with Gasteiger partial charge in [-0.2, -0.15) is 0 Å². The van der Waals surface area contributed by atoms with Crippen molar-refractivity contribution in [3.05, 3.63) is 84.2 Å². The Morgan fingerprint density at radius 3 is 2.68 bits per heavy atom. The van der Waals surface area contributed by atoms with Gasteiger partial charge in [0.25, 0.3) is 0 Å². The number of carbonyl (C=O) groups excluding carboxylic acids is 1. The molecule has 2 aromatic carbocycles. The quantitative estimate of drug-likeness (QED) is 0.644. The lowest BCUT2D eigenvalue weighted by atomic mass is 9.87. The summed E-state index contributed by atoms with van der Waals surface area (Å²) in [5.41, 5.74) is 10.4. The van der Waals surface area contributed by atoms with Gasteiger partial charge in [-0.1, -0.05) is 30.3 Å². The van der Waals surface area contributed by atoms with Crippen molar-refractivity contribution in [2.75, 3.05) is 16.4 Å². The van der Waals surface area contributed by atoms with Crippen molar-refractivity contribution in [3.8, 4) is 0 Å². The largest absolute Gasteiger partial charge is 0.399 e. The molecule has 2 heterocycles. The lowest BCUT2D eigenvalue weighted by molar-refractivity contribution is -0.117. The lowest BCUT2D eigenvalue weighted by Crippen LogP contribution is -2.36. The van der Waals surface area contributed by atoms with Gasteiger partial charge in [0, 0.05) is 23.5 Å². The lowest BCUT2D eigenvalue weighted by Gasteiger charge is -2.20. The minimum Gasteiger partial charge on any atom is -0.399 e. The molecular formula is C20H18N4O. The second-order valence-corrected chi connectivity index (χ2v) is 6.09. The second kappa shape index (κ2) is 6.28. The van der Waals surface area contributed by atoms with Gasteiger partial charge in [0.15, 0.2) is 0 Å². The zero-order valence-electron chi connectivity index (χ0n) is 13.5. The van der Waals surface area contributed by atoms with Crippen LogP contribution in [0.5, 0.6) is 0 Å². The molecule has 0 aliphatic carbocycles. The summed E-state index contributed by atoms with van der Waals surface area (Å²) in [7, 11) is 0. The van der Waals surface area contributed by atoms with Crippen LogP contribution in [0.3, 0.4) is 0 Å². The molecule has 2 unspecified atom stereocenters. The SMILES string of the molecule is Nc1ccc2c(c1)C(c1ccccc1)C(C(=O)Nc1cccnc1)N2. The normalized spacial score (nSPS) is 18.2. The number of aromatic nitrogens is 1. The Labute approximate surface area is 145 Å². The number of amides is 1. The third-order valence-corrected chi connectivity index (χ3v) is 4.43. The van der Waals surface area contributed by atoms with Gasteiger partial charge in [0.05, 0.1) is 11.9 Å². The van der Waals surface area contributed by atoms with Gasteiger partial charge in [-0.25, -0.2) is 0 Å². The number of nitrogen functional groups attached to an aromatic ring is 1. The molecule has 5 nitrogen and oxygen atoms in total. The number of hydrogen-bond donors (Lipinski definition) is 3. The third-order valence-electron chi connectivity index (χ3n) is 4.43. The molecule has 1 aromatic heterocycles. The maximum atomic E-state index is 12.9. The number of nitrogens with two attached hydrogens (primary N) is 1. The Morgan fingerprint density at radius 2 is 1.92 bits per heavy atom. The van der Waals surface area contributed by atoms with E-state index in [-0.39, 0.29) is 11.8 Å². The summed E-state index contributed by atoms with van der Waals surface area (Å²) in [6.45, 7) is 0. The van der Waals surface area contributed by atoms with Crippen LogP contribution < -0.4 is 16.4 Å². The van der Waals surface area contributed by atoms with Crippen LogP contribution in [0, 0.1) is 0 Å². The van der Waals surface area contributed by atoms with Gasteiger partial charge in [0.1, 0.15) is 6.04 Å². The molecule has 1 aliphatic rings. The van der Waals surface area contributed by atoms with E-state index >= 15 is 0 Å². The number of pyridine rings is 1. The van der Waals surface area contributed by atoms with E-state index in [2.05, 4.69) is 15.6 Å². The fraction of sp³-hybridized carbons (Fsp3) is 0.100. The Kier molecular flexibility index (Phi) is 3.82. The fourth-order valence-corrected chi connectivity index (χ4v) is 3.31. The number of nitrogens with zero attached hydrogens (tertiary/aromatic N) is 1. The number of benzene rings is 2. The van der Waals surface area contributed by atoms with E-state index in [0.717, 1.165) is 16.8 Å². The first-order valence-electron chi connectivity index (χ1n) is 8.14. The zero-order valence-corrected chi connectivity index (χ0v) is 13.5. The molecule has 1 aliphatic heterocycles. The fourth-order valence-electron chi connectivity index (χ4n) is 3.31. The molecule has 0 saturated heterocycles. The number of nitrogens with one attached hydrogen (secondary N) is 2. The van der Waals surface area contributed by atoms with Crippen molar-refractivity contribution >= 4 is 23.0 Å². The minimum atomic E-state index is -0.417. The van der Waals surface area contributed by atoms with E-state index in [1.807, 2.05) is 54.6 Å². The number of hydrogen-bond acceptors (Lipinski definition) is 4. The summed E-state index contributed by atoms with van der Waals surface area (Å²) in [5, 5.41) is 6.28. The third kappa shape index (κ3) is 2.92. The molecule has 2 atom stereocenters. The Hall–Kier alpha value is -3.34. The van der Waals surface area contributed by atoms with E-state index in [0.29, 0.717) is 11.4 Å². The summed E-state index contributed by atoms with van der Waals surface area (Å²) in [6, 6.07) is 18.9. The number of fused-ring (bicyclic) bond motifs is 1. The van der Waals surface area contributed by atoms with Gasteiger partial charge in [0.2, 0.25) is 5.91 Å². The molecule has 3 aromatic rings. The molecule has 1 amide bonds. The summed E-state index contributed by atoms with van der Waals surface area (Å²) >= 11 is 0. The molecule has 4 N–H and O–H groups in total. The van der Waals surface area contributed by atoms with Gasteiger partial charge in [-0.3, -0.25) is 9.78 Å². The van der Waals surface area contributed by atoms with Gasteiger partial charge in [-0.05, 0) is 41.5 Å². The summed E-state index contributed by atoms with van der Waals surface area (Å²) in [5.74, 6) is -0.201. The molecule has 0 bridgehead atoms. The maximum absolute atomic E-state index is 12.9. The number of carbonyl (C=O) groups is 1. The topological polar surface area (TPSA) is 80.0 Å². The van der Waals surface area contributed by atoms with Crippen molar-refractivity contribution in [2.45, 2.75) is 12.0 Å². The van der Waals surface area contributed by atoms with E-state index in [1.165, 1.54) is 0 Å². The average Bonchev–Trinajstić information content (AvgIpc) is 3.02. The van der Waals surface area contributed by atoms with Crippen molar-refractivity contribution < 1.29 is 4.79 Å². The molecule has 0 radical (unpaired) electrons. The van der Waals surface area contributed by atoms with E-state index in [4.69, 9.17) is 5.73 Å². The molecule has 5 heteroatoms. The van der Waals surface area contributed by atoms with Crippen LogP contribution in [-0.2, 0) is 4.79 Å². The smallest absolute Gasteiger partial charge is 0.247 e. The highest BCUT2D eigenvalue weighted by molar-refractivity contribution is 5.99. The Balaban J connectivity index is 1.70. The van der Waals surface area contributed by atoms with Crippen LogP contribution in [0.2, 0.25) is 0 Å². The second-order valence-electron chi connectivity index (χ2n) is 6.09. The number of rotatable bonds is 3. The summed E-state index contributed by atoms with van der Waals surface area (Å²) < 4.78 is 0. The van der Waals surface area contributed by atoms with E-state index in [1.54, 1.807) is 18.5 Å². The molecule has 25 heavy (non-hydrogen) atoms. The number of anilines is 3. The van der Waals surface area contributed by atoms with Crippen molar-refractivity contribution in [1.29, 1.82) is 0 Å². The maximum Gasteiger partial charge on any atom is 0.247 e. The predicted molar refractivity (Wildman–Crippen MR) is 99.4 cm³/mol. The molecule has 124 valence electrons. The van der Waals surface area contributed by atoms with Crippen LogP contribution >= 0.6 is 0 Å². The van der Waals surface area contributed by atoms with E-state index < -0.39 is 6.04 Å². The monoisotopic (exact) mass is 330 g/mol. The summed E-state index contributed by atoms with van der Waals surface area (Å²) in [4.78, 5) is 17.0. The Bertz CT molecular complexity index is 896. The van der Waals surface area contributed by atoms with Crippen LogP contribution in [0.15, 0.2) is 73.1 Å². The van der Waals surface area contributed by atoms with Gasteiger partial charge < -0.3 is 16.4 Å². The highest BCUT2D eigenvalue weighted by atomic mass is 16.2. The van der Waals surface area contributed by atoms with Crippen LogP contribution in [0.1, 0.15) is 17.0 Å². The van der Waals surface area contributed by atoms with Gasteiger partial charge >= 0.3 is 0 Å². The highest BCUT2D eigenvalue weighted by Crippen LogP contribution is 2.41. The average molecular weight is 330 g/mol. The van der Waals surface area contributed by atoms with Crippen LogP contribution in [0.4, 0.5) is 17.1 Å². The van der Waals surface area contributed by atoms with E-state index in [9.17, 15) is 4.79 Å². The first kappa shape index (κ1) is 15.2.